The summed E-state index contributed by atoms with van der Waals surface area (Å²) in [4.78, 5) is 0. The van der Waals surface area contributed by atoms with Gasteiger partial charge in [-0.15, -0.1) is 6.58 Å². The minimum atomic E-state index is -1.53. The minimum absolute atomic E-state index is 0.0123. The highest BCUT2D eigenvalue weighted by Crippen LogP contribution is 2.32. The molecule has 0 amide bonds. The van der Waals surface area contributed by atoms with Crippen LogP contribution in [0.2, 0.25) is 19.6 Å². The maximum Gasteiger partial charge on any atom is 0.184 e. The summed E-state index contributed by atoms with van der Waals surface area (Å²) in [6, 6.07) is 0. The quantitative estimate of drug-likeness (QED) is 0.169. The lowest BCUT2D eigenvalue weighted by atomic mass is 9.89. The third-order valence-corrected chi connectivity index (χ3v) is 4.66. The van der Waals surface area contributed by atoms with Crippen molar-refractivity contribution in [2.24, 2.45) is 0 Å². The molecule has 0 N–H and O–H groups in total. The standard InChI is InChI=1S/C16H31IOSi/c1-6-8-9-10-13-16(12-7-2,14-11-15-17)18-19(3,4)5/h7,11,15H,2,6,8-10,12-14H2,1,3-5H3/b15-11+. The zero-order valence-corrected chi connectivity index (χ0v) is 16.3. The van der Waals surface area contributed by atoms with E-state index in [0.29, 0.717) is 0 Å². The monoisotopic (exact) mass is 394 g/mol. The van der Waals surface area contributed by atoms with Crippen LogP contribution in [0.25, 0.3) is 0 Å². The molecule has 0 aromatic heterocycles. The van der Waals surface area contributed by atoms with Crippen molar-refractivity contribution < 1.29 is 4.43 Å². The molecule has 0 aliphatic carbocycles. The predicted molar refractivity (Wildman–Crippen MR) is 98.5 cm³/mol. The van der Waals surface area contributed by atoms with Crippen molar-refractivity contribution in [2.75, 3.05) is 0 Å². The average molecular weight is 394 g/mol. The first kappa shape index (κ1) is 19.4. The molecule has 0 aliphatic heterocycles. The Labute approximate surface area is 135 Å². The minimum Gasteiger partial charge on any atom is -0.412 e. The molecule has 3 heteroatoms. The number of halogens is 1. The van der Waals surface area contributed by atoms with Gasteiger partial charge in [-0.3, -0.25) is 0 Å². The first-order chi connectivity index (χ1) is 8.89. The van der Waals surface area contributed by atoms with E-state index in [1.54, 1.807) is 0 Å². The van der Waals surface area contributed by atoms with E-state index < -0.39 is 8.32 Å². The first-order valence-corrected chi connectivity index (χ1v) is 12.1. The predicted octanol–water partition coefficient (Wildman–Crippen LogP) is 6.46. The topological polar surface area (TPSA) is 9.23 Å². The van der Waals surface area contributed by atoms with Crippen molar-refractivity contribution in [3.05, 3.63) is 22.8 Å². The van der Waals surface area contributed by atoms with Crippen LogP contribution < -0.4 is 0 Å². The van der Waals surface area contributed by atoms with Crippen LogP contribution in [0.1, 0.15) is 51.9 Å². The molecule has 19 heavy (non-hydrogen) atoms. The van der Waals surface area contributed by atoms with Crippen LogP contribution in [0.4, 0.5) is 0 Å². The van der Waals surface area contributed by atoms with Crippen molar-refractivity contribution >= 4 is 30.9 Å². The van der Waals surface area contributed by atoms with E-state index in [1.807, 2.05) is 6.08 Å². The second-order valence-corrected chi connectivity index (χ2v) is 11.4. The van der Waals surface area contributed by atoms with E-state index in [2.05, 4.69) is 65.9 Å². The van der Waals surface area contributed by atoms with Gasteiger partial charge in [0.05, 0.1) is 5.60 Å². The van der Waals surface area contributed by atoms with E-state index in [-0.39, 0.29) is 5.60 Å². The zero-order valence-electron chi connectivity index (χ0n) is 13.2. The number of unbranched alkanes of at least 4 members (excludes halogenated alkanes) is 3. The lowest BCUT2D eigenvalue weighted by molar-refractivity contribution is 0.0543. The molecule has 1 atom stereocenters. The Hall–Kier alpha value is 0.387. The SMILES string of the molecule is C=CCC(C/C=C/I)(CCCCCC)O[Si](C)(C)C. The van der Waals surface area contributed by atoms with Gasteiger partial charge in [-0.2, -0.15) is 0 Å². The fourth-order valence-corrected chi connectivity index (χ4v) is 4.29. The summed E-state index contributed by atoms with van der Waals surface area (Å²) in [5.41, 5.74) is -0.0123. The van der Waals surface area contributed by atoms with Crippen LogP contribution in [0.3, 0.4) is 0 Å². The van der Waals surface area contributed by atoms with Crippen molar-refractivity contribution in [3.63, 3.8) is 0 Å². The van der Waals surface area contributed by atoms with Gasteiger partial charge in [0, 0.05) is 0 Å². The molecule has 0 saturated heterocycles. The van der Waals surface area contributed by atoms with Crippen LogP contribution in [-0.4, -0.2) is 13.9 Å². The summed E-state index contributed by atoms with van der Waals surface area (Å²) in [5.74, 6) is 0. The Bertz CT molecular complexity index is 270. The smallest absolute Gasteiger partial charge is 0.184 e. The molecule has 0 radical (unpaired) electrons. The summed E-state index contributed by atoms with van der Waals surface area (Å²) in [6.45, 7) is 13.0. The van der Waals surface area contributed by atoms with Gasteiger partial charge in [0.15, 0.2) is 8.32 Å². The molecule has 0 bridgehead atoms. The van der Waals surface area contributed by atoms with Crippen molar-refractivity contribution in [1.29, 1.82) is 0 Å². The maximum atomic E-state index is 6.56. The van der Waals surface area contributed by atoms with Crippen LogP contribution in [0, 0.1) is 0 Å². The molecule has 0 aromatic carbocycles. The van der Waals surface area contributed by atoms with Gasteiger partial charge in [0.1, 0.15) is 0 Å². The number of hydrogen-bond donors (Lipinski definition) is 0. The Kier molecular flexibility index (Phi) is 10.4. The largest absolute Gasteiger partial charge is 0.412 e. The third kappa shape index (κ3) is 9.85. The van der Waals surface area contributed by atoms with Gasteiger partial charge in [0.2, 0.25) is 0 Å². The normalized spacial score (nSPS) is 15.6. The van der Waals surface area contributed by atoms with Crippen LogP contribution >= 0.6 is 22.6 Å². The molecule has 0 aromatic rings. The highest BCUT2D eigenvalue weighted by atomic mass is 127. The summed E-state index contributed by atoms with van der Waals surface area (Å²) in [5, 5.41) is 0. The van der Waals surface area contributed by atoms with Gasteiger partial charge < -0.3 is 4.43 Å². The number of hydrogen-bond acceptors (Lipinski definition) is 1. The Morgan fingerprint density at radius 1 is 1.16 bits per heavy atom. The van der Waals surface area contributed by atoms with Crippen LogP contribution in [0.15, 0.2) is 22.8 Å². The van der Waals surface area contributed by atoms with Crippen molar-refractivity contribution in [1.82, 2.24) is 0 Å². The molecule has 0 aliphatic rings. The molecule has 0 heterocycles. The molecule has 0 fully saturated rings. The lowest BCUT2D eigenvalue weighted by Gasteiger charge is -2.38. The summed E-state index contributed by atoms with van der Waals surface area (Å²) in [7, 11) is -1.53. The summed E-state index contributed by atoms with van der Waals surface area (Å²) in [6.07, 6.45) is 12.6. The maximum absolute atomic E-state index is 6.56. The van der Waals surface area contributed by atoms with E-state index in [1.165, 1.54) is 25.7 Å². The van der Waals surface area contributed by atoms with Crippen molar-refractivity contribution in [3.8, 4) is 0 Å². The van der Waals surface area contributed by atoms with E-state index >= 15 is 0 Å². The molecule has 1 unspecified atom stereocenters. The molecule has 112 valence electrons. The molecule has 0 spiro atoms. The molecular formula is C16H31IOSi. The van der Waals surface area contributed by atoms with E-state index in [4.69, 9.17) is 4.43 Å². The second-order valence-electron chi connectivity index (χ2n) is 6.27. The second kappa shape index (κ2) is 10.2. The highest BCUT2D eigenvalue weighted by molar-refractivity contribution is 14.1. The van der Waals surface area contributed by atoms with Gasteiger partial charge >= 0.3 is 0 Å². The van der Waals surface area contributed by atoms with Gasteiger partial charge in [-0.1, -0.05) is 67.3 Å². The van der Waals surface area contributed by atoms with E-state index in [9.17, 15) is 0 Å². The van der Waals surface area contributed by atoms with Crippen molar-refractivity contribution in [2.45, 2.75) is 77.1 Å². The van der Waals surface area contributed by atoms with Gasteiger partial charge in [-0.05, 0) is 43.0 Å². The highest BCUT2D eigenvalue weighted by Gasteiger charge is 2.33. The summed E-state index contributed by atoms with van der Waals surface area (Å²) < 4.78 is 8.67. The number of rotatable bonds is 11. The van der Waals surface area contributed by atoms with Gasteiger partial charge in [-0.25, -0.2) is 0 Å². The van der Waals surface area contributed by atoms with Crippen LogP contribution in [-0.2, 0) is 4.43 Å². The molecule has 0 saturated carbocycles. The molecule has 1 nitrogen and oxygen atoms in total. The zero-order chi connectivity index (χ0) is 14.8. The molecular weight excluding hydrogens is 363 g/mol. The third-order valence-electron chi connectivity index (χ3n) is 3.10. The van der Waals surface area contributed by atoms with Gasteiger partial charge in [0.25, 0.3) is 0 Å². The lowest BCUT2D eigenvalue weighted by Crippen LogP contribution is -2.42. The fraction of sp³-hybridized carbons (Fsp3) is 0.750. The fourth-order valence-electron chi connectivity index (χ4n) is 2.47. The molecule has 0 rings (SSSR count). The Balaban J connectivity index is 4.75. The van der Waals surface area contributed by atoms with E-state index in [0.717, 1.165) is 19.3 Å². The Morgan fingerprint density at radius 3 is 2.32 bits per heavy atom. The average Bonchev–Trinajstić information content (AvgIpc) is 2.30. The van der Waals surface area contributed by atoms with Crippen LogP contribution in [0.5, 0.6) is 0 Å². The first-order valence-electron chi connectivity index (χ1n) is 7.45. The summed E-state index contributed by atoms with van der Waals surface area (Å²) >= 11 is 2.29. The Morgan fingerprint density at radius 2 is 1.84 bits per heavy atom.